The topological polar surface area (TPSA) is 46.5 Å². The van der Waals surface area contributed by atoms with E-state index in [4.69, 9.17) is 9.84 Å². The van der Waals surface area contributed by atoms with Crippen LogP contribution in [0.1, 0.15) is 24.3 Å². The van der Waals surface area contributed by atoms with E-state index in [-0.39, 0.29) is 12.3 Å². The maximum absolute atomic E-state index is 10.4. The van der Waals surface area contributed by atoms with Crippen LogP contribution in [0.25, 0.3) is 0 Å². The molecule has 14 heavy (non-hydrogen) atoms. The molecule has 1 aromatic carbocycles. The van der Waals surface area contributed by atoms with Gasteiger partial charge >= 0.3 is 5.97 Å². The summed E-state index contributed by atoms with van der Waals surface area (Å²) in [7, 11) is 0. The largest absolute Gasteiger partial charge is 0.493 e. The molecular weight excluding hydrogens is 180 g/mol. The summed E-state index contributed by atoms with van der Waals surface area (Å²) >= 11 is 0. The summed E-state index contributed by atoms with van der Waals surface area (Å²) in [5.74, 6) is 0.416. The van der Waals surface area contributed by atoms with E-state index in [0.29, 0.717) is 13.0 Å². The minimum atomic E-state index is -0.741. The second-order valence-corrected chi connectivity index (χ2v) is 3.48. The summed E-state index contributed by atoms with van der Waals surface area (Å²) < 4.78 is 5.45. The van der Waals surface area contributed by atoms with Crippen molar-refractivity contribution in [3.05, 3.63) is 29.8 Å². The lowest BCUT2D eigenvalue weighted by atomic mass is 9.96. The van der Waals surface area contributed by atoms with Crippen LogP contribution >= 0.6 is 0 Å². The van der Waals surface area contributed by atoms with Crippen molar-refractivity contribution in [1.82, 2.24) is 0 Å². The Balaban J connectivity index is 2.07. The van der Waals surface area contributed by atoms with Crippen molar-refractivity contribution < 1.29 is 14.6 Å². The van der Waals surface area contributed by atoms with Crippen LogP contribution < -0.4 is 4.74 Å². The highest BCUT2D eigenvalue weighted by Gasteiger charge is 2.23. The van der Waals surface area contributed by atoms with E-state index in [0.717, 1.165) is 11.3 Å². The highest BCUT2D eigenvalue weighted by atomic mass is 16.5. The summed E-state index contributed by atoms with van der Waals surface area (Å²) in [5.41, 5.74) is 1.15. The molecule has 3 heteroatoms. The van der Waals surface area contributed by atoms with Crippen molar-refractivity contribution >= 4 is 5.97 Å². The minimum absolute atomic E-state index is 0.211. The Bertz CT molecular complexity index is 346. The Labute approximate surface area is 82.3 Å². The van der Waals surface area contributed by atoms with Gasteiger partial charge in [-0.3, -0.25) is 4.79 Å². The van der Waals surface area contributed by atoms with E-state index >= 15 is 0 Å². The first-order valence-corrected chi connectivity index (χ1v) is 4.71. The lowest BCUT2D eigenvalue weighted by molar-refractivity contribution is -0.137. The van der Waals surface area contributed by atoms with Crippen molar-refractivity contribution in [1.29, 1.82) is 0 Å². The Morgan fingerprint density at radius 3 is 3.07 bits per heavy atom. The monoisotopic (exact) mass is 192 g/mol. The van der Waals surface area contributed by atoms with Crippen LogP contribution in [-0.2, 0) is 4.79 Å². The number of hydrogen-bond acceptors (Lipinski definition) is 2. The first-order valence-electron chi connectivity index (χ1n) is 4.71. The fraction of sp³-hybridized carbons (Fsp3) is 0.364. The first-order chi connectivity index (χ1) is 6.77. The van der Waals surface area contributed by atoms with Crippen molar-refractivity contribution in [3.8, 4) is 5.75 Å². The SMILES string of the molecule is O=C(O)CCC1COc2ccccc21. The van der Waals surface area contributed by atoms with Gasteiger partial charge in [-0.2, -0.15) is 0 Å². The molecule has 0 saturated carbocycles. The van der Waals surface area contributed by atoms with Gasteiger partial charge in [0.05, 0.1) is 6.61 Å². The average Bonchev–Trinajstić information content (AvgIpc) is 2.58. The van der Waals surface area contributed by atoms with E-state index < -0.39 is 5.97 Å². The molecule has 1 aromatic rings. The van der Waals surface area contributed by atoms with Gasteiger partial charge in [-0.15, -0.1) is 0 Å². The number of carboxylic acids is 1. The Hall–Kier alpha value is -1.51. The van der Waals surface area contributed by atoms with Gasteiger partial charge < -0.3 is 9.84 Å². The zero-order chi connectivity index (χ0) is 9.97. The summed E-state index contributed by atoms with van der Waals surface area (Å²) in [6.07, 6.45) is 0.870. The van der Waals surface area contributed by atoms with Crippen LogP contribution in [0.4, 0.5) is 0 Å². The van der Waals surface area contributed by atoms with Gasteiger partial charge in [0.15, 0.2) is 0 Å². The Morgan fingerprint density at radius 1 is 1.50 bits per heavy atom. The standard InChI is InChI=1S/C11H12O3/c12-11(13)6-5-8-7-14-10-4-2-1-3-9(8)10/h1-4,8H,5-7H2,(H,12,13). The van der Waals surface area contributed by atoms with Gasteiger partial charge in [0.2, 0.25) is 0 Å². The molecule has 1 N–H and O–H groups in total. The molecule has 1 aliphatic rings. The van der Waals surface area contributed by atoms with Crippen molar-refractivity contribution in [3.63, 3.8) is 0 Å². The molecule has 1 atom stereocenters. The normalized spacial score (nSPS) is 18.7. The summed E-state index contributed by atoms with van der Waals surface area (Å²) in [6.45, 7) is 0.618. The van der Waals surface area contributed by atoms with Gasteiger partial charge in [0.1, 0.15) is 5.75 Å². The molecule has 0 spiro atoms. The van der Waals surface area contributed by atoms with Gasteiger partial charge in [-0.1, -0.05) is 18.2 Å². The molecular formula is C11H12O3. The van der Waals surface area contributed by atoms with E-state index in [2.05, 4.69) is 0 Å². The lowest BCUT2D eigenvalue weighted by Gasteiger charge is -2.05. The summed E-state index contributed by atoms with van der Waals surface area (Å²) in [4.78, 5) is 10.4. The van der Waals surface area contributed by atoms with E-state index in [1.807, 2.05) is 24.3 Å². The second kappa shape index (κ2) is 3.70. The maximum Gasteiger partial charge on any atom is 0.303 e. The third-order valence-electron chi connectivity index (χ3n) is 2.51. The molecule has 0 aliphatic carbocycles. The van der Waals surface area contributed by atoms with E-state index in [9.17, 15) is 4.79 Å². The van der Waals surface area contributed by atoms with Crippen LogP contribution in [-0.4, -0.2) is 17.7 Å². The minimum Gasteiger partial charge on any atom is -0.493 e. The third kappa shape index (κ3) is 1.71. The highest BCUT2D eigenvalue weighted by molar-refractivity contribution is 5.66. The molecule has 0 saturated heterocycles. The van der Waals surface area contributed by atoms with Crippen LogP contribution in [0.5, 0.6) is 5.75 Å². The first kappa shape index (κ1) is 9.06. The number of carbonyl (C=O) groups is 1. The zero-order valence-electron chi connectivity index (χ0n) is 7.77. The summed E-state index contributed by atoms with van der Waals surface area (Å²) in [5, 5.41) is 8.58. The van der Waals surface area contributed by atoms with Crippen LogP contribution in [0.15, 0.2) is 24.3 Å². The maximum atomic E-state index is 10.4. The molecule has 3 nitrogen and oxygen atoms in total. The van der Waals surface area contributed by atoms with Crippen LogP contribution in [0.3, 0.4) is 0 Å². The molecule has 0 bridgehead atoms. The van der Waals surface area contributed by atoms with Gasteiger partial charge in [-0.25, -0.2) is 0 Å². The van der Waals surface area contributed by atoms with Gasteiger partial charge in [-0.05, 0) is 12.5 Å². The quantitative estimate of drug-likeness (QED) is 0.797. The molecule has 74 valence electrons. The molecule has 2 rings (SSSR count). The molecule has 1 heterocycles. The summed E-state index contributed by atoms with van der Waals surface area (Å²) in [6, 6.07) is 7.82. The van der Waals surface area contributed by atoms with Crippen LogP contribution in [0.2, 0.25) is 0 Å². The van der Waals surface area contributed by atoms with Crippen molar-refractivity contribution in [2.75, 3.05) is 6.61 Å². The lowest BCUT2D eigenvalue weighted by Crippen LogP contribution is -2.04. The van der Waals surface area contributed by atoms with E-state index in [1.54, 1.807) is 0 Å². The number of ether oxygens (including phenoxy) is 1. The number of benzene rings is 1. The number of carboxylic acid groups (broad SMARTS) is 1. The molecule has 0 amide bonds. The number of fused-ring (bicyclic) bond motifs is 1. The fourth-order valence-corrected chi connectivity index (χ4v) is 1.77. The zero-order valence-corrected chi connectivity index (χ0v) is 7.77. The highest BCUT2D eigenvalue weighted by Crippen LogP contribution is 2.35. The molecule has 1 aliphatic heterocycles. The molecule has 0 aromatic heterocycles. The van der Waals surface area contributed by atoms with Crippen molar-refractivity contribution in [2.45, 2.75) is 18.8 Å². The Kier molecular flexibility index (Phi) is 2.39. The molecule has 1 unspecified atom stereocenters. The number of rotatable bonds is 3. The number of hydrogen-bond donors (Lipinski definition) is 1. The number of para-hydroxylation sites is 1. The van der Waals surface area contributed by atoms with Gasteiger partial charge in [0.25, 0.3) is 0 Å². The van der Waals surface area contributed by atoms with Crippen LogP contribution in [0, 0.1) is 0 Å². The van der Waals surface area contributed by atoms with E-state index in [1.165, 1.54) is 0 Å². The smallest absolute Gasteiger partial charge is 0.303 e. The van der Waals surface area contributed by atoms with Crippen molar-refractivity contribution in [2.24, 2.45) is 0 Å². The number of aliphatic carboxylic acids is 1. The molecule has 0 radical (unpaired) electrons. The predicted molar refractivity (Wildman–Crippen MR) is 51.5 cm³/mol. The third-order valence-corrected chi connectivity index (χ3v) is 2.51. The predicted octanol–water partition coefficient (Wildman–Crippen LogP) is 2.03. The fourth-order valence-electron chi connectivity index (χ4n) is 1.77. The van der Waals surface area contributed by atoms with Gasteiger partial charge in [0, 0.05) is 17.9 Å². The second-order valence-electron chi connectivity index (χ2n) is 3.48. The Morgan fingerprint density at radius 2 is 2.29 bits per heavy atom. The molecule has 0 fully saturated rings. The average molecular weight is 192 g/mol.